The number of aliphatic hydroxyl groups is 3. The van der Waals surface area contributed by atoms with Crippen LogP contribution >= 0.6 is 0 Å². The first kappa shape index (κ1) is 9.33. The zero-order chi connectivity index (χ0) is 9.59. The summed E-state index contributed by atoms with van der Waals surface area (Å²) < 4.78 is 13.2. The molecule has 3 N–H and O–H groups in total. The van der Waals surface area contributed by atoms with E-state index >= 15 is 0 Å². The molecular formula is C8H14FNO3. The molecule has 0 aromatic heterocycles. The van der Waals surface area contributed by atoms with Crippen molar-refractivity contribution in [3.63, 3.8) is 0 Å². The summed E-state index contributed by atoms with van der Waals surface area (Å²) in [6.07, 6.45) is -2.78. The van der Waals surface area contributed by atoms with Gasteiger partial charge in [0, 0.05) is 6.54 Å². The minimum absolute atomic E-state index is 0.235. The maximum Gasteiger partial charge on any atom is 0.119 e. The number of halogens is 1. The first-order chi connectivity index (χ1) is 6.16. The summed E-state index contributed by atoms with van der Waals surface area (Å²) >= 11 is 0. The van der Waals surface area contributed by atoms with Crippen molar-refractivity contribution in [3.05, 3.63) is 0 Å². The lowest BCUT2D eigenvalue weighted by Gasteiger charge is -2.22. The average molecular weight is 191 g/mol. The van der Waals surface area contributed by atoms with Crippen molar-refractivity contribution in [2.75, 3.05) is 13.2 Å². The van der Waals surface area contributed by atoms with Gasteiger partial charge in [-0.3, -0.25) is 4.90 Å². The number of fused-ring (bicyclic) bond motifs is 1. The number of aliphatic hydroxyl groups excluding tert-OH is 3. The molecule has 0 amide bonds. The summed E-state index contributed by atoms with van der Waals surface area (Å²) in [7, 11) is 0. The fourth-order valence-electron chi connectivity index (χ4n) is 2.44. The third kappa shape index (κ3) is 1.19. The molecule has 13 heavy (non-hydrogen) atoms. The number of hydrogen-bond donors (Lipinski definition) is 3. The van der Waals surface area contributed by atoms with Crippen LogP contribution in [0.4, 0.5) is 4.39 Å². The van der Waals surface area contributed by atoms with Crippen molar-refractivity contribution in [2.24, 2.45) is 0 Å². The molecule has 0 saturated carbocycles. The first-order valence-corrected chi connectivity index (χ1v) is 4.53. The molecular weight excluding hydrogens is 177 g/mol. The van der Waals surface area contributed by atoms with Gasteiger partial charge in [0.25, 0.3) is 0 Å². The van der Waals surface area contributed by atoms with E-state index in [1.165, 1.54) is 0 Å². The lowest BCUT2D eigenvalue weighted by atomic mass is 10.0. The van der Waals surface area contributed by atoms with Crippen LogP contribution in [0.1, 0.15) is 6.42 Å². The molecule has 0 aromatic carbocycles. The van der Waals surface area contributed by atoms with Crippen molar-refractivity contribution in [1.82, 2.24) is 4.90 Å². The second-order valence-electron chi connectivity index (χ2n) is 3.76. The highest BCUT2D eigenvalue weighted by atomic mass is 19.1. The summed E-state index contributed by atoms with van der Waals surface area (Å²) in [5.41, 5.74) is 0. The van der Waals surface area contributed by atoms with Gasteiger partial charge in [0.15, 0.2) is 0 Å². The Balaban J connectivity index is 2.19. The molecule has 2 heterocycles. The largest absolute Gasteiger partial charge is 0.395 e. The third-order valence-corrected chi connectivity index (χ3v) is 3.12. The minimum atomic E-state index is -1.08. The van der Waals surface area contributed by atoms with Crippen LogP contribution in [0.3, 0.4) is 0 Å². The summed E-state index contributed by atoms with van der Waals surface area (Å²) in [6, 6.07) is -1.12. The Morgan fingerprint density at radius 3 is 2.62 bits per heavy atom. The monoisotopic (exact) mass is 191 g/mol. The number of hydrogen-bond acceptors (Lipinski definition) is 4. The fraction of sp³-hybridized carbons (Fsp3) is 1.00. The van der Waals surface area contributed by atoms with Crippen molar-refractivity contribution < 1.29 is 19.7 Å². The molecule has 0 spiro atoms. The summed E-state index contributed by atoms with van der Waals surface area (Å²) in [4.78, 5) is 1.67. The van der Waals surface area contributed by atoms with E-state index < -0.39 is 30.5 Å². The Morgan fingerprint density at radius 2 is 2.00 bits per heavy atom. The SMILES string of the molecule is OC[C@H]1[C@H](O)[C@@H](O)C2[C@@H](F)CCN21. The lowest BCUT2D eigenvalue weighted by molar-refractivity contribution is 0.00866. The van der Waals surface area contributed by atoms with E-state index in [1.54, 1.807) is 4.90 Å². The maximum absolute atomic E-state index is 13.2. The van der Waals surface area contributed by atoms with Crippen LogP contribution in [0.2, 0.25) is 0 Å². The molecule has 76 valence electrons. The van der Waals surface area contributed by atoms with Gasteiger partial charge in [-0.25, -0.2) is 4.39 Å². The molecule has 2 fully saturated rings. The molecule has 2 saturated heterocycles. The van der Waals surface area contributed by atoms with Gasteiger partial charge in [0.05, 0.1) is 30.9 Å². The minimum Gasteiger partial charge on any atom is -0.395 e. The van der Waals surface area contributed by atoms with Crippen molar-refractivity contribution in [3.8, 4) is 0 Å². The summed E-state index contributed by atoms with van der Waals surface area (Å²) in [6.45, 7) is 0.270. The standard InChI is InChI=1S/C8H14FNO3/c9-4-1-2-10-5(3-11)7(12)8(13)6(4)10/h4-8,11-13H,1-3H2/t4-,5-,6?,7-,8-/m0/s1. The van der Waals surface area contributed by atoms with E-state index in [0.29, 0.717) is 13.0 Å². The predicted molar refractivity (Wildman–Crippen MR) is 42.9 cm³/mol. The van der Waals surface area contributed by atoms with Gasteiger partial charge in [-0.15, -0.1) is 0 Å². The van der Waals surface area contributed by atoms with Crippen LogP contribution in [-0.4, -0.2) is 63.8 Å². The molecule has 2 rings (SSSR count). The Kier molecular flexibility index (Phi) is 2.27. The average Bonchev–Trinajstić information content (AvgIpc) is 2.57. The molecule has 0 aromatic rings. The highest BCUT2D eigenvalue weighted by molar-refractivity contribution is 5.06. The fourth-order valence-corrected chi connectivity index (χ4v) is 2.44. The molecule has 2 aliphatic heterocycles. The van der Waals surface area contributed by atoms with Crippen LogP contribution in [0.15, 0.2) is 0 Å². The highest BCUT2D eigenvalue weighted by Crippen LogP contribution is 2.34. The van der Waals surface area contributed by atoms with E-state index in [9.17, 15) is 14.6 Å². The van der Waals surface area contributed by atoms with Crippen LogP contribution in [-0.2, 0) is 0 Å². The molecule has 0 aliphatic carbocycles. The normalized spacial score (nSPS) is 51.2. The van der Waals surface area contributed by atoms with Gasteiger partial charge in [0.1, 0.15) is 6.17 Å². The smallest absolute Gasteiger partial charge is 0.119 e. The number of rotatable bonds is 1. The second-order valence-corrected chi connectivity index (χ2v) is 3.76. The number of nitrogens with zero attached hydrogens (tertiary/aromatic N) is 1. The topological polar surface area (TPSA) is 63.9 Å². The van der Waals surface area contributed by atoms with E-state index in [1.807, 2.05) is 0 Å². The van der Waals surface area contributed by atoms with Crippen molar-refractivity contribution >= 4 is 0 Å². The second kappa shape index (κ2) is 3.16. The van der Waals surface area contributed by atoms with Crippen molar-refractivity contribution in [2.45, 2.75) is 36.9 Å². The molecule has 1 unspecified atom stereocenters. The Bertz CT molecular complexity index is 204. The van der Waals surface area contributed by atoms with Crippen LogP contribution in [0.5, 0.6) is 0 Å². The lowest BCUT2D eigenvalue weighted by Crippen LogP contribution is -2.39. The van der Waals surface area contributed by atoms with Crippen LogP contribution in [0.25, 0.3) is 0 Å². The van der Waals surface area contributed by atoms with Gasteiger partial charge in [-0.2, -0.15) is 0 Å². The van der Waals surface area contributed by atoms with Gasteiger partial charge in [0.2, 0.25) is 0 Å². The third-order valence-electron chi connectivity index (χ3n) is 3.12. The van der Waals surface area contributed by atoms with Gasteiger partial charge >= 0.3 is 0 Å². The summed E-state index contributed by atoms with van der Waals surface area (Å²) in [5, 5.41) is 27.9. The highest BCUT2D eigenvalue weighted by Gasteiger charge is 2.53. The Hall–Kier alpha value is -0.230. The van der Waals surface area contributed by atoms with Crippen molar-refractivity contribution in [1.29, 1.82) is 0 Å². The van der Waals surface area contributed by atoms with E-state index in [0.717, 1.165) is 0 Å². The molecule has 5 heteroatoms. The zero-order valence-electron chi connectivity index (χ0n) is 7.17. The molecule has 2 aliphatic rings. The van der Waals surface area contributed by atoms with Crippen LogP contribution < -0.4 is 0 Å². The van der Waals surface area contributed by atoms with E-state index in [4.69, 9.17) is 5.11 Å². The van der Waals surface area contributed by atoms with Gasteiger partial charge in [-0.1, -0.05) is 0 Å². The quantitative estimate of drug-likeness (QED) is 0.472. The maximum atomic E-state index is 13.2. The molecule has 0 bridgehead atoms. The van der Waals surface area contributed by atoms with E-state index in [2.05, 4.69) is 0 Å². The molecule has 4 nitrogen and oxygen atoms in total. The summed E-state index contributed by atoms with van der Waals surface area (Å²) in [5.74, 6) is 0. The number of alkyl halides is 1. The van der Waals surface area contributed by atoms with Gasteiger partial charge < -0.3 is 15.3 Å². The predicted octanol–water partition coefficient (Wildman–Crippen LogP) is -1.50. The molecule has 0 radical (unpaired) electrons. The van der Waals surface area contributed by atoms with Gasteiger partial charge in [-0.05, 0) is 6.42 Å². The zero-order valence-corrected chi connectivity index (χ0v) is 7.17. The Labute approximate surface area is 75.6 Å². The molecule has 5 atom stereocenters. The Morgan fingerprint density at radius 1 is 1.31 bits per heavy atom. The van der Waals surface area contributed by atoms with E-state index in [-0.39, 0.29) is 6.61 Å². The van der Waals surface area contributed by atoms with Crippen LogP contribution in [0, 0.1) is 0 Å². The first-order valence-electron chi connectivity index (χ1n) is 4.53.